The second-order valence-corrected chi connectivity index (χ2v) is 22.4. The lowest BCUT2D eigenvalue weighted by molar-refractivity contribution is 0.0621. The Balaban J connectivity index is 1.11. The maximum atomic E-state index is 14.1. The third-order valence-electron chi connectivity index (χ3n) is 11.4. The van der Waals surface area contributed by atoms with Gasteiger partial charge in [0.1, 0.15) is 0 Å². The molecule has 0 N–H and O–H groups in total. The highest BCUT2D eigenvalue weighted by Crippen LogP contribution is 2.50. The fraction of sp³-hybridized carbons (Fsp3) is 0.489. The number of carbonyl (C=O) groups is 2. The number of imide groups is 1. The van der Waals surface area contributed by atoms with Gasteiger partial charge in [0.2, 0.25) is 0 Å². The van der Waals surface area contributed by atoms with Crippen LogP contribution in [0.1, 0.15) is 147 Å². The number of hydrogen-bond acceptors (Lipinski definition) is 8. The molecule has 0 fully saturated rings. The lowest BCUT2D eigenvalue weighted by Crippen LogP contribution is -2.32. The molecule has 1 aliphatic heterocycles. The van der Waals surface area contributed by atoms with Crippen molar-refractivity contribution in [2.45, 2.75) is 118 Å². The van der Waals surface area contributed by atoms with Gasteiger partial charge in [-0.15, -0.1) is 56.7 Å². The maximum Gasteiger partial charge on any atom is 0.263 e. The van der Waals surface area contributed by atoms with Crippen LogP contribution in [0.3, 0.4) is 0 Å². The van der Waals surface area contributed by atoms with Crippen molar-refractivity contribution in [1.82, 2.24) is 4.90 Å². The fourth-order valence-corrected chi connectivity index (χ4v) is 12.6. The lowest BCUT2D eigenvalue weighted by atomic mass is 9.85. The summed E-state index contributed by atoms with van der Waals surface area (Å²) in [5, 5.41) is 0. The number of amides is 2. The predicted octanol–water partition coefficient (Wildman–Crippen LogP) is 15.4. The molecule has 9 heteroatoms. The topological polar surface area (TPSA) is 46.6 Å². The number of fused-ring (bicyclic) bond motifs is 1. The number of carbonyl (C=O) groups excluding carboxylic acids is 2. The summed E-state index contributed by atoms with van der Waals surface area (Å²) in [7, 11) is 0. The molecule has 0 aliphatic carbocycles. The monoisotopic (exact) mass is 845 g/mol. The quantitative estimate of drug-likeness (QED) is 0.0579. The Morgan fingerprint density at radius 3 is 1.84 bits per heavy atom. The largest absolute Gasteiger partial charge is 0.381 e. The summed E-state index contributed by atoms with van der Waals surface area (Å²) in [4.78, 5) is 41.4. The van der Waals surface area contributed by atoms with Crippen molar-refractivity contribution >= 4 is 80.7 Å². The first-order valence-electron chi connectivity index (χ1n) is 20.4. The Bertz CT molecular complexity index is 2130. The van der Waals surface area contributed by atoms with Gasteiger partial charge in [-0.2, -0.15) is 0 Å². The summed E-state index contributed by atoms with van der Waals surface area (Å²) >= 11 is 8.87. The van der Waals surface area contributed by atoms with Crippen molar-refractivity contribution in [2.75, 3.05) is 19.8 Å². The molecule has 0 saturated heterocycles. The molecule has 0 bridgehead atoms. The highest BCUT2D eigenvalue weighted by atomic mass is 32.1. The van der Waals surface area contributed by atoms with E-state index in [-0.39, 0.29) is 22.6 Å². The molecular weight excluding hydrogens is 787 g/mol. The van der Waals surface area contributed by atoms with E-state index < -0.39 is 0 Å². The van der Waals surface area contributed by atoms with Crippen LogP contribution in [-0.2, 0) is 15.6 Å². The first-order chi connectivity index (χ1) is 26.7. The van der Waals surface area contributed by atoms with Crippen LogP contribution in [0.5, 0.6) is 0 Å². The molecule has 6 rings (SSSR count). The van der Waals surface area contributed by atoms with Crippen LogP contribution in [0.2, 0.25) is 0 Å². The Kier molecular flexibility index (Phi) is 14.2. The number of hydrogen-bond donors (Lipinski definition) is 0. The minimum atomic E-state index is -0.217. The fourth-order valence-electron chi connectivity index (χ4n) is 6.86. The van der Waals surface area contributed by atoms with Gasteiger partial charge >= 0.3 is 0 Å². The van der Waals surface area contributed by atoms with Crippen molar-refractivity contribution in [3.05, 3.63) is 79.2 Å². The predicted molar refractivity (Wildman–Crippen MR) is 247 cm³/mol. The number of rotatable bonds is 20. The van der Waals surface area contributed by atoms with Gasteiger partial charge in [-0.25, -0.2) is 0 Å². The molecule has 2 amide bonds. The van der Waals surface area contributed by atoms with E-state index in [0.29, 0.717) is 36.6 Å². The van der Waals surface area contributed by atoms with Gasteiger partial charge in [0.25, 0.3) is 11.8 Å². The van der Waals surface area contributed by atoms with Gasteiger partial charge in [-0.05, 0) is 109 Å². The van der Waals surface area contributed by atoms with Crippen molar-refractivity contribution in [3.63, 3.8) is 0 Å². The minimum absolute atomic E-state index is 0.146. The molecule has 1 atom stereocenters. The van der Waals surface area contributed by atoms with E-state index in [1.54, 1.807) is 34.0 Å². The summed E-state index contributed by atoms with van der Waals surface area (Å²) in [6.45, 7) is 22.0. The zero-order valence-electron chi connectivity index (χ0n) is 34.7. The molecule has 1 unspecified atom stereocenters. The van der Waals surface area contributed by atoms with Crippen LogP contribution in [-0.4, -0.2) is 36.5 Å². The summed E-state index contributed by atoms with van der Waals surface area (Å²) in [6.07, 6.45) is 11.9. The van der Waals surface area contributed by atoms with Crippen LogP contribution in [0.25, 0.3) is 41.4 Å². The average Bonchev–Trinajstić information content (AvgIpc) is 4.02. The number of nitrogens with zero attached hydrogens (tertiary/aromatic N) is 1. The maximum absolute atomic E-state index is 14.1. The Morgan fingerprint density at radius 1 is 0.625 bits per heavy atom. The van der Waals surface area contributed by atoms with Crippen LogP contribution in [0, 0.1) is 11.8 Å². The molecule has 0 saturated carbocycles. The second-order valence-electron chi connectivity index (χ2n) is 17.0. The first-order valence-corrected chi connectivity index (χ1v) is 24.5. The van der Waals surface area contributed by atoms with E-state index in [9.17, 15) is 9.59 Å². The van der Waals surface area contributed by atoms with E-state index >= 15 is 0 Å². The Morgan fingerprint density at radius 2 is 1.20 bits per heavy atom. The molecule has 56 heavy (non-hydrogen) atoms. The average molecular weight is 846 g/mol. The molecule has 1 aliphatic rings. The van der Waals surface area contributed by atoms with Crippen LogP contribution >= 0.6 is 56.7 Å². The molecule has 0 aromatic carbocycles. The third-order valence-corrected chi connectivity index (χ3v) is 18.1. The van der Waals surface area contributed by atoms with Gasteiger partial charge in [-0.3, -0.25) is 14.5 Å². The van der Waals surface area contributed by atoms with E-state index in [0.717, 1.165) is 46.4 Å². The van der Waals surface area contributed by atoms with E-state index in [4.69, 9.17) is 4.74 Å². The summed E-state index contributed by atoms with van der Waals surface area (Å²) < 4.78 is 5.98. The lowest BCUT2D eigenvalue weighted by Gasteiger charge is -2.23. The molecule has 6 heterocycles. The van der Waals surface area contributed by atoms with Crippen molar-refractivity contribution < 1.29 is 14.3 Å². The van der Waals surface area contributed by atoms with Crippen molar-refractivity contribution in [1.29, 1.82) is 0 Å². The van der Waals surface area contributed by atoms with E-state index in [2.05, 4.69) is 123 Å². The van der Waals surface area contributed by atoms with Crippen LogP contribution in [0.4, 0.5) is 0 Å². The first kappa shape index (κ1) is 42.9. The minimum Gasteiger partial charge on any atom is -0.381 e. The van der Waals surface area contributed by atoms with Crippen LogP contribution < -0.4 is 0 Å². The summed E-state index contributed by atoms with van der Waals surface area (Å²) in [5.74, 6) is 1.10. The van der Waals surface area contributed by atoms with E-state index in [1.807, 2.05) is 22.7 Å². The summed E-state index contributed by atoms with van der Waals surface area (Å²) in [6, 6.07) is 17.7. The zero-order chi connectivity index (χ0) is 40.2. The van der Waals surface area contributed by atoms with Gasteiger partial charge in [0.15, 0.2) is 0 Å². The van der Waals surface area contributed by atoms with Crippen LogP contribution in [0.15, 0.2) is 48.5 Å². The molecular formula is C47H59NO3S5. The van der Waals surface area contributed by atoms with Gasteiger partial charge < -0.3 is 4.74 Å². The number of thiophene rings is 5. The Labute approximate surface area is 355 Å². The van der Waals surface area contributed by atoms with E-state index in [1.165, 1.54) is 58.3 Å². The molecule has 4 nitrogen and oxygen atoms in total. The zero-order valence-corrected chi connectivity index (χ0v) is 38.8. The Hall–Kier alpha value is -2.66. The van der Waals surface area contributed by atoms with Gasteiger partial charge in [-0.1, -0.05) is 81.6 Å². The molecule has 5 aromatic heterocycles. The van der Waals surface area contributed by atoms with Crippen molar-refractivity contribution in [3.8, 4) is 29.3 Å². The standard InChI is InChI=1S/C47H59NO3S5/c1-10-46(6,7)39-25-24-37(55-39)35-21-19-33(53-35)17-16-32-18-20-34(52-32)36-22-23-38(54-36)42-40-41(43(56-42)47(8,9)11-2)45(50)48(44(40)49)27-13-28-51-29-26-31(5)15-12-14-30(3)4/h16-25,30-31H,10-15,26-29H2,1-9H3/b17-16+. The SMILES string of the molecule is CCC(C)(C)c1ccc(-c2ccc(/C=C/c3ccc(-c4ccc(-c5sc(C(C)(C)CC)c6c5C(=O)N(CCCOCCC(C)CCCC(C)C)C6=O)s4)s3)s2)s1. The normalized spacial score (nSPS) is 14.3. The highest BCUT2D eigenvalue weighted by Gasteiger charge is 2.44. The number of ether oxygens (including phenoxy) is 1. The molecule has 300 valence electrons. The van der Waals surface area contributed by atoms with Gasteiger partial charge in [0, 0.05) is 63.7 Å². The van der Waals surface area contributed by atoms with Crippen molar-refractivity contribution in [2.24, 2.45) is 11.8 Å². The highest BCUT2D eigenvalue weighted by molar-refractivity contribution is 7.27. The second kappa shape index (κ2) is 18.5. The smallest absolute Gasteiger partial charge is 0.263 e. The van der Waals surface area contributed by atoms with Gasteiger partial charge in [0.05, 0.1) is 16.0 Å². The summed E-state index contributed by atoms with van der Waals surface area (Å²) in [5.41, 5.74) is 1.21. The molecule has 0 spiro atoms. The molecule has 5 aromatic rings. The third kappa shape index (κ3) is 9.78. The molecule has 0 radical (unpaired) electrons.